The van der Waals surface area contributed by atoms with E-state index in [0.717, 1.165) is 30.3 Å². The maximum atomic E-state index is 12.9. The maximum Gasteiger partial charge on any atom is 0.243 e. The van der Waals surface area contributed by atoms with Crippen LogP contribution in [0, 0.1) is 6.92 Å². The van der Waals surface area contributed by atoms with Crippen molar-refractivity contribution in [1.29, 1.82) is 0 Å². The number of carbonyl (C=O) groups excluding carboxylic acids is 1. The summed E-state index contributed by atoms with van der Waals surface area (Å²) in [6.45, 7) is 3.48. The van der Waals surface area contributed by atoms with Gasteiger partial charge >= 0.3 is 0 Å². The van der Waals surface area contributed by atoms with Crippen LogP contribution in [0.3, 0.4) is 0 Å². The Balaban J connectivity index is 1.39. The number of benzene rings is 2. The van der Waals surface area contributed by atoms with Gasteiger partial charge in [0.25, 0.3) is 0 Å². The van der Waals surface area contributed by atoms with E-state index in [1.54, 1.807) is 39.3 Å². The van der Waals surface area contributed by atoms with Gasteiger partial charge in [-0.2, -0.15) is 4.31 Å². The number of carbonyl (C=O) groups is 1. The standard InChI is InChI=1S/C22H26ClN5O3S/c1-16-18(23)7-5-8-19(16)24-22(29)9-6-14-28-21-11-10-17(15-20(21)25-26-28)32(30,31)27-12-3-2-4-13-27/h5,7-8,10-11,15H,2-4,6,9,12-14H2,1H3,(H,24,29). The molecule has 1 aliphatic heterocycles. The van der Waals surface area contributed by atoms with Gasteiger partial charge in [-0.15, -0.1) is 5.10 Å². The summed E-state index contributed by atoms with van der Waals surface area (Å²) in [6.07, 6.45) is 3.73. The van der Waals surface area contributed by atoms with Crippen LogP contribution in [0.2, 0.25) is 5.02 Å². The fraction of sp³-hybridized carbons (Fsp3) is 0.409. The number of piperidine rings is 1. The number of anilines is 1. The van der Waals surface area contributed by atoms with Crippen LogP contribution in [0.5, 0.6) is 0 Å². The lowest BCUT2D eigenvalue weighted by Gasteiger charge is -2.25. The quantitative estimate of drug-likeness (QED) is 0.557. The summed E-state index contributed by atoms with van der Waals surface area (Å²) in [4.78, 5) is 12.5. The molecule has 1 fully saturated rings. The second kappa shape index (κ2) is 9.56. The van der Waals surface area contributed by atoms with Crippen molar-refractivity contribution in [3.05, 3.63) is 47.0 Å². The Morgan fingerprint density at radius 3 is 2.72 bits per heavy atom. The molecule has 10 heteroatoms. The van der Waals surface area contributed by atoms with Gasteiger partial charge in [0, 0.05) is 36.8 Å². The van der Waals surface area contributed by atoms with Crippen LogP contribution in [0.25, 0.3) is 11.0 Å². The Bertz CT molecular complexity index is 1240. The predicted octanol–water partition coefficient (Wildman–Crippen LogP) is 3.99. The monoisotopic (exact) mass is 475 g/mol. The van der Waals surface area contributed by atoms with Crippen molar-refractivity contribution in [2.75, 3.05) is 18.4 Å². The van der Waals surface area contributed by atoms with E-state index in [9.17, 15) is 13.2 Å². The van der Waals surface area contributed by atoms with Gasteiger partial charge in [0.15, 0.2) is 0 Å². The zero-order chi connectivity index (χ0) is 22.7. The lowest BCUT2D eigenvalue weighted by Crippen LogP contribution is -2.35. The van der Waals surface area contributed by atoms with E-state index >= 15 is 0 Å². The zero-order valence-electron chi connectivity index (χ0n) is 17.9. The highest BCUT2D eigenvalue weighted by Gasteiger charge is 2.26. The largest absolute Gasteiger partial charge is 0.326 e. The van der Waals surface area contributed by atoms with Crippen LogP contribution in [0.4, 0.5) is 5.69 Å². The molecule has 0 radical (unpaired) electrons. The summed E-state index contributed by atoms with van der Waals surface area (Å²) in [6, 6.07) is 10.3. The van der Waals surface area contributed by atoms with Crippen molar-refractivity contribution in [2.24, 2.45) is 0 Å². The molecule has 2 aromatic carbocycles. The number of hydrogen-bond donors (Lipinski definition) is 1. The van der Waals surface area contributed by atoms with E-state index in [2.05, 4.69) is 15.6 Å². The molecule has 0 saturated carbocycles. The second-order valence-electron chi connectivity index (χ2n) is 7.99. The smallest absolute Gasteiger partial charge is 0.243 e. The van der Waals surface area contributed by atoms with Crippen LogP contribution < -0.4 is 5.32 Å². The first kappa shape index (κ1) is 22.7. The van der Waals surface area contributed by atoms with Gasteiger partial charge in [0.2, 0.25) is 15.9 Å². The molecule has 0 unspecified atom stereocenters. The Morgan fingerprint density at radius 1 is 1.16 bits per heavy atom. The number of rotatable bonds is 7. The number of nitrogens with one attached hydrogen (secondary N) is 1. The number of sulfonamides is 1. The molecule has 3 aromatic rings. The van der Waals surface area contributed by atoms with E-state index < -0.39 is 10.0 Å². The first-order valence-electron chi connectivity index (χ1n) is 10.7. The number of nitrogens with zero attached hydrogens (tertiary/aromatic N) is 4. The summed E-state index contributed by atoms with van der Waals surface area (Å²) >= 11 is 6.10. The van der Waals surface area contributed by atoms with Crippen molar-refractivity contribution in [2.45, 2.75) is 50.5 Å². The molecule has 32 heavy (non-hydrogen) atoms. The normalized spacial score (nSPS) is 15.2. The lowest BCUT2D eigenvalue weighted by molar-refractivity contribution is -0.116. The van der Waals surface area contributed by atoms with Gasteiger partial charge < -0.3 is 5.32 Å². The highest BCUT2D eigenvalue weighted by molar-refractivity contribution is 7.89. The summed E-state index contributed by atoms with van der Waals surface area (Å²) < 4.78 is 29.0. The van der Waals surface area contributed by atoms with E-state index in [4.69, 9.17) is 11.6 Å². The van der Waals surface area contributed by atoms with Crippen LogP contribution in [0.15, 0.2) is 41.3 Å². The first-order chi connectivity index (χ1) is 15.4. The maximum absolute atomic E-state index is 12.9. The predicted molar refractivity (Wildman–Crippen MR) is 124 cm³/mol. The second-order valence-corrected chi connectivity index (χ2v) is 10.3. The highest BCUT2D eigenvalue weighted by Crippen LogP contribution is 2.24. The number of halogens is 1. The molecule has 1 amide bonds. The van der Waals surface area contributed by atoms with E-state index in [1.165, 1.54) is 0 Å². The first-order valence-corrected chi connectivity index (χ1v) is 12.6. The van der Waals surface area contributed by atoms with E-state index in [0.29, 0.717) is 48.7 Å². The number of fused-ring (bicyclic) bond motifs is 1. The SMILES string of the molecule is Cc1c(Cl)cccc1NC(=O)CCCn1nnc2cc(S(=O)(=O)N3CCCCC3)ccc21. The Labute approximate surface area is 192 Å². The molecular formula is C22H26ClN5O3S. The van der Waals surface area contributed by atoms with Crippen molar-refractivity contribution in [1.82, 2.24) is 19.3 Å². The van der Waals surface area contributed by atoms with Gasteiger partial charge in [-0.05, 0) is 62.1 Å². The molecular weight excluding hydrogens is 450 g/mol. The number of hydrogen-bond acceptors (Lipinski definition) is 5. The average Bonchev–Trinajstić information content (AvgIpc) is 3.20. The Kier molecular flexibility index (Phi) is 6.78. The van der Waals surface area contributed by atoms with Gasteiger partial charge in [0.05, 0.1) is 10.4 Å². The van der Waals surface area contributed by atoms with E-state index in [1.807, 2.05) is 13.0 Å². The van der Waals surface area contributed by atoms with Gasteiger partial charge in [-0.25, -0.2) is 13.1 Å². The fourth-order valence-electron chi connectivity index (χ4n) is 3.88. The topological polar surface area (TPSA) is 97.2 Å². The zero-order valence-corrected chi connectivity index (χ0v) is 19.5. The molecule has 1 saturated heterocycles. The molecule has 2 heterocycles. The third kappa shape index (κ3) is 4.79. The van der Waals surface area contributed by atoms with Crippen molar-refractivity contribution in [3.63, 3.8) is 0 Å². The molecule has 1 aliphatic rings. The summed E-state index contributed by atoms with van der Waals surface area (Å²) in [5.41, 5.74) is 2.81. The Morgan fingerprint density at radius 2 is 1.94 bits per heavy atom. The van der Waals surface area contributed by atoms with Gasteiger partial charge in [0.1, 0.15) is 5.52 Å². The summed E-state index contributed by atoms with van der Waals surface area (Å²) in [5.74, 6) is -0.102. The van der Waals surface area contributed by atoms with E-state index in [-0.39, 0.29) is 10.8 Å². The number of aromatic nitrogens is 3. The molecule has 1 N–H and O–H groups in total. The lowest BCUT2D eigenvalue weighted by atomic mass is 10.2. The molecule has 0 bridgehead atoms. The summed E-state index contributed by atoms with van der Waals surface area (Å²) in [7, 11) is -3.51. The van der Waals surface area contributed by atoms with Crippen LogP contribution in [-0.2, 0) is 21.4 Å². The minimum Gasteiger partial charge on any atom is -0.326 e. The molecule has 1 aromatic heterocycles. The minimum atomic E-state index is -3.51. The van der Waals surface area contributed by atoms with Crippen molar-refractivity contribution in [3.8, 4) is 0 Å². The Hall–Kier alpha value is -2.49. The molecule has 4 rings (SSSR count). The molecule has 8 nitrogen and oxygen atoms in total. The minimum absolute atomic E-state index is 0.102. The summed E-state index contributed by atoms with van der Waals surface area (Å²) in [5, 5.41) is 11.8. The molecule has 170 valence electrons. The van der Waals surface area contributed by atoms with Crippen molar-refractivity contribution < 1.29 is 13.2 Å². The highest BCUT2D eigenvalue weighted by atomic mass is 35.5. The number of amides is 1. The van der Waals surface area contributed by atoms with Crippen LogP contribution in [-0.4, -0.2) is 46.7 Å². The van der Waals surface area contributed by atoms with Crippen molar-refractivity contribution >= 4 is 44.3 Å². The third-order valence-electron chi connectivity index (χ3n) is 5.75. The molecule has 0 spiro atoms. The third-order valence-corrected chi connectivity index (χ3v) is 8.06. The molecule has 0 atom stereocenters. The molecule has 0 aliphatic carbocycles. The van der Waals surface area contributed by atoms with Gasteiger partial charge in [-0.1, -0.05) is 29.3 Å². The van der Waals surface area contributed by atoms with Gasteiger partial charge in [-0.3, -0.25) is 4.79 Å². The van der Waals surface area contributed by atoms with Crippen LogP contribution >= 0.6 is 11.6 Å². The fourth-order valence-corrected chi connectivity index (χ4v) is 5.59. The van der Waals surface area contributed by atoms with Crippen LogP contribution in [0.1, 0.15) is 37.7 Å². The average molecular weight is 476 g/mol. The number of aryl methyl sites for hydroxylation is 1.